The number of benzene rings is 1. The van der Waals surface area contributed by atoms with E-state index in [1.807, 2.05) is 0 Å². The van der Waals surface area contributed by atoms with Crippen LogP contribution in [-0.2, 0) is 14.6 Å². The van der Waals surface area contributed by atoms with Gasteiger partial charge in [-0.15, -0.1) is 0 Å². The average Bonchev–Trinajstić information content (AvgIpc) is 2.88. The number of hydrogen-bond donors (Lipinski definition) is 0. The second-order valence-corrected chi connectivity index (χ2v) is 7.91. The highest BCUT2D eigenvalue weighted by Gasteiger charge is 2.38. The first-order chi connectivity index (χ1) is 9.59. The highest BCUT2D eigenvalue weighted by atomic mass is 32.2. The molecule has 0 bridgehead atoms. The second-order valence-electron chi connectivity index (χ2n) is 5.68. The Morgan fingerprint density at radius 2 is 1.80 bits per heavy atom. The summed E-state index contributed by atoms with van der Waals surface area (Å²) >= 11 is 0. The monoisotopic (exact) mass is 293 g/mol. The van der Waals surface area contributed by atoms with Crippen LogP contribution < -0.4 is 0 Å². The van der Waals surface area contributed by atoms with Gasteiger partial charge in [-0.3, -0.25) is 4.79 Å². The maximum Gasteiger partial charge on any atom is 0.225 e. The minimum absolute atomic E-state index is 0.146. The quantitative estimate of drug-likeness (QED) is 0.855. The van der Waals surface area contributed by atoms with E-state index in [-0.39, 0.29) is 11.8 Å². The smallest absolute Gasteiger partial charge is 0.225 e. The van der Waals surface area contributed by atoms with Gasteiger partial charge in [0.25, 0.3) is 0 Å². The lowest BCUT2D eigenvalue weighted by Crippen LogP contribution is -2.38. The van der Waals surface area contributed by atoms with Crippen LogP contribution in [0.3, 0.4) is 0 Å². The van der Waals surface area contributed by atoms with Crippen molar-refractivity contribution < 1.29 is 13.2 Å². The molecule has 1 heterocycles. The molecule has 1 aliphatic carbocycles. The zero-order valence-corrected chi connectivity index (χ0v) is 12.2. The number of nitrogens with zero attached hydrogens (tertiary/aromatic N) is 1. The summed E-state index contributed by atoms with van der Waals surface area (Å²) in [4.78, 5) is 14.3. The van der Waals surface area contributed by atoms with Crippen molar-refractivity contribution in [3.8, 4) is 0 Å². The van der Waals surface area contributed by atoms with Crippen LogP contribution in [0.4, 0.5) is 0 Å². The molecule has 1 atom stereocenters. The summed E-state index contributed by atoms with van der Waals surface area (Å²) in [6.45, 7) is 0.929. The van der Waals surface area contributed by atoms with Crippen LogP contribution in [0.5, 0.6) is 0 Å². The van der Waals surface area contributed by atoms with Crippen LogP contribution in [-0.4, -0.2) is 37.6 Å². The van der Waals surface area contributed by atoms with Crippen LogP contribution in [0, 0.1) is 5.92 Å². The Balaban J connectivity index is 1.72. The van der Waals surface area contributed by atoms with Gasteiger partial charge in [-0.05, 0) is 31.4 Å². The van der Waals surface area contributed by atoms with Crippen LogP contribution in [0.15, 0.2) is 35.2 Å². The number of rotatable bonds is 3. The van der Waals surface area contributed by atoms with Crippen molar-refractivity contribution in [1.29, 1.82) is 0 Å². The molecule has 3 rings (SSSR count). The molecule has 0 aromatic heterocycles. The highest BCUT2D eigenvalue weighted by Crippen LogP contribution is 2.31. The molecule has 0 N–H and O–H groups in total. The fourth-order valence-electron chi connectivity index (χ4n) is 2.90. The maximum absolute atomic E-state index is 12.5. The predicted molar refractivity (Wildman–Crippen MR) is 76.0 cm³/mol. The van der Waals surface area contributed by atoms with E-state index < -0.39 is 15.1 Å². The average molecular weight is 293 g/mol. The number of likely N-dealkylation sites (tertiary alicyclic amines) is 1. The van der Waals surface area contributed by atoms with Gasteiger partial charge in [0, 0.05) is 19.0 Å². The van der Waals surface area contributed by atoms with Crippen LogP contribution >= 0.6 is 0 Å². The summed E-state index contributed by atoms with van der Waals surface area (Å²) in [5.74, 6) is 0.301. The van der Waals surface area contributed by atoms with Gasteiger partial charge in [0.15, 0.2) is 9.84 Å². The van der Waals surface area contributed by atoms with Gasteiger partial charge in [-0.1, -0.05) is 24.6 Å². The SMILES string of the molecule is O=C(C1CCC1)N1CCC(S(=O)(=O)c2ccccc2)C1. The highest BCUT2D eigenvalue weighted by molar-refractivity contribution is 7.92. The van der Waals surface area contributed by atoms with E-state index in [9.17, 15) is 13.2 Å². The molecule has 5 heteroatoms. The number of hydrogen-bond acceptors (Lipinski definition) is 3. The second kappa shape index (κ2) is 5.20. The normalized spacial score (nSPS) is 23.6. The van der Waals surface area contributed by atoms with Crippen molar-refractivity contribution in [2.75, 3.05) is 13.1 Å². The molecule has 1 saturated carbocycles. The zero-order valence-electron chi connectivity index (χ0n) is 11.4. The topological polar surface area (TPSA) is 54.5 Å². The van der Waals surface area contributed by atoms with Crippen molar-refractivity contribution in [3.63, 3.8) is 0 Å². The van der Waals surface area contributed by atoms with Crippen LogP contribution in [0.1, 0.15) is 25.7 Å². The Bertz CT molecular complexity index is 593. The van der Waals surface area contributed by atoms with Crippen LogP contribution in [0.25, 0.3) is 0 Å². The van der Waals surface area contributed by atoms with Gasteiger partial charge in [0.2, 0.25) is 5.91 Å². The Kier molecular flexibility index (Phi) is 3.54. The van der Waals surface area contributed by atoms with E-state index in [4.69, 9.17) is 0 Å². The number of carbonyl (C=O) groups is 1. The predicted octanol–water partition coefficient (Wildman–Crippen LogP) is 1.86. The Hall–Kier alpha value is -1.36. The van der Waals surface area contributed by atoms with Crippen molar-refractivity contribution in [2.45, 2.75) is 35.8 Å². The van der Waals surface area contributed by atoms with E-state index in [2.05, 4.69) is 0 Å². The van der Waals surface area contributed by atoms with Gasteiger partial charge in [-0.25, -0.2) is 8.42 Å². The fourth-order valence-corrected chi connectivity index (χ4v) is 4.61. The standard InChI is InChI=1S/C15H19NO3S/c17-15(12-5-4-6-12)16-10-9-14(11-16)20(18,19)13-7-2-1-3-8-13/h1-3,7-8,12,14H,4-6,9-11H2. The first kappa shape index (κ1) is 13.6. The first-order valence-electron chi connectivity index (χ1n) is 7.17. The molecule has 1 aromatic carbocycles. The molecule has 1 unspecified atom stereocenters. The van der Waals surface area contributed by atoms with Crippen molar-refractivity contribution in [3.05, 3.63) is 30.3 Å². The minimum atomic E-state index is -3.31. The summed E-state index contributed by atoms with van der Waals surface area (Å²) in [6, 6.07) is 8.54. The lowest BCUT2D eigenvalue weighted by atomic mass is 9.84. The van der Waals surface area contributed by atoms with Gasteiger partial charge in [0.1, 0.15) is 0 Å². The summed E-state index contributed by atoms with van der Waals surface area (Å²) in [5, 5.41) is -0.450. The van der Waals surface area contributed by atoms with Gasteiger partial charge in [-0.2, -0.15) is 0 Å². The number of carbonyl (C=O) groups excluding carboxylic acids is 1. The molecule has 1 aromatic rings. The molecule has 108 valence electrons. The van der Waals surface area contributed by atoms with E-state index in [0.29, 0.717) is 24.4 Å². The molecule has 0 radical (unpaired) electrons. The van der Waals surface area contributed by atoms with Crippen LogP contribution in [0.2, 0.25) is 0 Å². The lowest BCUT2D eigenvalue weighted by Gasteiger charge is -2.29. The molecule has 1 saturated heterocycles. The molecule has 1 amide bonds. The number of amides is 1. The Morgan fingerprint density at radius 3 is 2.40 bits per heavy atom. The summed E-state index contributed by atoms with van der Waals surface area (Å²) in [5.41, 5.74) is 0. The Labute approximate surface area is 119 Å². The summed E-state index contributed by atoms with van der Waals surface area (Å²) in [6.07, 6.45) is 3.60. The van der Waals surface area contributed by atoms with E-state index in [1.54, 1.807) is 35.2 Å². The van der Waals surface area contributed by atoms with Crippen molar-refractivity contribution in [1.82, 2.24) is 4.90 Å². The third-order valence-corrected chi connectivity index (χ3v) is 6.61. The summed E-state index contributed by atoms with van der Waals surface area (Å²) in [7, 11) is -3.31. The van der Waals surface area contributed by atoms with Crippen molar-refractivity contribution in [2.24, 2.45) is 5.92 Å². The molecule has 0 spiro atoms. The Morgan fingerprint density at radius 1 is 1.10 bits per heavy atom. The molecular formula is C15H19NO3S. The first-order valence-corrected chi connectivity index (χ1v) is 8.71. The molecule has 20 heavy (non-hydrogen) atoms. The third-order valence-electron chi connectivity index (χ3n) is 4.42. The molecule has 4 nitrogen and oxygen atoms in total. The van der Waals surface area contributed by atoms with E-state index in [0.717, 1.165) is 19.3 Å². The molecule has 1 aliphatic heterocycles. The van der Waals surface area contributed by atoms with Gasteiger partial charge >= 0.3 is 0 Å². The van der Waals surface area contributed by atoms with Crippen molar-refractivity contribution >= 4 is 15.7 Å². The zero-order chi connectivity index (χ0) is 14.2. The van der Waals surface area contributed by atoms with Gasteiger partial charge in [0.05, 0.1) is 10.1 Å². The molecule has 2 fully saturated rings. The summed E-state index contributed by atoms with van der Waals surface area (Å²) < 4.78 is 25.0. The van der Waals surface area contributed by atoms with E-state index in [1.165, 1.54) is 0 Å². The van der Waals surface area contributed by atoms with Gasteiger partial charge < -0.3 is 4.90 Å². The third kappa shape index (κ3) is 2.35. The molecule has 2 aliphatic rings. The fraction of sp³-hybridized carbons (Fsp3) is 0.533. The largest absolute Gasteiger partial charge is 0.341 e. The lowest BCUT2D eigenvalue weighted by molar-refractivity contribution is -0.136. The van der Waals surface area contributed by atoms with E-state index >= 15 is 0 Å². The molecular weight excluding hydrogens is 274 g/mol. The number of sulfone groups is 1. The minimum Gasteiger partial charge on any atom is -0.341 e. The maximum atomic E-state index is 12.5.